The molecular formula is C25H27FN8OS. The highest BCUT2D eigenvalue weighted by atomic mass is 32.1. The second-order valence-electron chi connectivity index (χ2n) is 9.00. The molecule has 36 heavy (non-hydrogen) atoms. The summed E-state index contributed by atoms with van der Waals surface area (Å²) in [6, 6.07) is 6.31. The summed E-state index contributed by atoms with van der Waals surface area (Å²) in [4.78, 5) is 35.2. The lowest BCUT2D eigenvalue weighted by Crippen LogP contribution is -2.44. The summed E-state index contributed by atoms with van der Waals surface area (Å²) in [6.45, 7) is 7.90. The van der Waals surface area contributed by atoms with Gasteiger partial charge in [0.25, 0.3) is 5.91 Å². The van der Waals surface area contributed by atoms with E-state index < -0.39 is 0 Å². The molecule has 1 N–H and O–H groups in total. The van der Waals surface area contributed by atoms with Crippen LogP contribution in [0.2, 0.25) is 0 Å². The average molecular weight is 507 g/mol. The van der Waals surface area contributed by atoms with E-state index in [2.05, 4.69) is 42.1 Å². The third kappa shape index (κ3) is 4.98. The van der Waals surface area contributed by atoms with Crippen LogP contribution < -0.4 is 10.2 Å². The summed E-state index contributed by atoms with van der Waals surface area (Å²) in [5.41, 5.74) is 3.46. The summed E-state index contributed by atoms with van der Waals surface area (Å²) >= 11 is 1.35. The molecule has 0 radical (unpaired) electrons. The van der Waals surface area contributed by atoms with Gasteiger partial charge in [-0.3, -0.25) is 10.1 Å². The first-order valence-electron chi connectivity index (χ1n) is 11.7. The molecule has 1 aliphatic rings. The zero-order chi connectivity index (χ0) is 25.2. The van der Waals surface area contributed by atoms with Crippen LogP contribution in [0, 0.1) is 5.82 Å². The molecule has 186 valence electrons. The third-order valence-corrected chi connectivity index (χ3v) is 6.99. The van der Waals surface area contributed by atoms with Crippen molar-refractivity contribution < 1.29 is 9.18 Å². The Morgan fingerprint density at radius 3 is 2.42 bits per heavy atom. The van der Waals surface area contributed by atoms with Crippen LogP contribution in [0.15, 0.2) is 48.4 Å². The number of nitrogens with one attached hydrogen (secondary N) is 1. The van der Waals surface area contributed by atoms with Gasteiger partial charge in [0.15, 0.2) is 0 Å². The van der Waals surface area contributed by atoms with Crippen molar-refractivity contribution in [2.24, 2.45) is 0 Å². The largest absolute Gasteiger partial charge is 0.366 e. The molecule has 1 amide bonds. The Morgan fingerprint density at radius 1 is 1.06 bits per heavy atom. The zero-order valence-electron chi connectivity index (χ0n) is 20.3. The molecule has 0 aliphatic carbocycles. The fourth-order valence-electron chi connectivity index (χ4n) is 4.05. The number of hydrogen-bond acceptors (Lipinski definition) is 8. The van der Waals surface area contributed by atoms with E-state index in [9.17, 15) is 9.18 Å². The molecule has 1 fully saturated rings. The van der Waals surface area contributed by atoms with Crippen LogP contribution in [0.4, 0.5) is 16.0 Å². The molecule has 4 heterocycles. The SMILES string of the molecule is CC(C)n1cnc(-c2ccc(F)cc2)c1-c1nc(C(=O)Nc2ncc(N3CCN(C)CC3)cn2)cs1. The van der Waals surface area contributed by atoms with Gasteiger partial charge in [0.05, 0.1) is 30.1 Å². The molecule has 3 aromatic heterocycles. The van der Waals surface area contributed by atoms with Crippen LogP contribution in [-0.4, -0.2) is 68.5 Å². The highest BCUT2D eigenvalue weighted by molar-refractivity contribution is 7.13. The van der Waals surface area contributed by atoms with Gasteiger partial charge >= 0.3 is 0 Å². The Balaban J connectivity index is 1.34. The molecule has 11 heteroatoms. The third-order valence-electron chi connectivity index (χ3n) is 6.14. The van der Waals surface area contributed by atoms with E-state index in [0.717, 1.165) is 43.1 Å². The summed E-state index contributed by atoms with van der Waals surface area (Å²) in [5, 5.41) is 5.09. The average Bonchev–Trinajstić information content (AvgIpc) is 3.53. The number of piperazine rings is 1. The van der Waals surface area contributed by atoms with Crippen LogP contribution in [0.1, 0.15) is 30.4 Å². The lowest BCUT2D eigenvalue weighted by Gasteiger charge is -2.33. The van der Waals surface area contributed by atoms with E-state index in [1.54, 1.807) is 36.2 Å². The molecule has 4 aromatic rings. The minimum absolute atomic E-state index is 0.120. The number of anilines is 2. The van der Waals surface area contributed by atoms with E-state index in [1.807, 2.05) is 18.4 Å². The lowest BCUT2D eigenvalue weighted by molar-refractivity contribution is 0.102. The Kier molecular flexibility index (Phi) is 6.75. The quantitative estimate of drug-likeness (QED) is 0.419. The van der Waals surface area contributed by atoms with Crippen molar-refractivity contribution in [3.63, 3.8) is 0 Å². The predicted octanol–water partition coefficient (Wildman–Crippen LogP) is 4.19. The second-order valence-corrected chi connectivity index (χ2v) is 9.86. The standard InChI is InChI=1S/C25H27FN8OS/c1-16(2)34-15-29-21(17-4-6-18(26)7-5-17)22(34)24-30-20(14-36-24)23(35)31-25-27-12-19(13-28-25)33-10-8-32(3)9-11-33/h4-7,12-16H,8-11H2,1-3H3,(H,27,28,31,35). The van der Waals surface area contributed by atoms with E-state index in [1.165, 1.54) is 23.5 Å². The van der Waals surface area contributed by atoms with Crippen molar-refractivity contribution in [2.45, 2.75) is 19.9 Å². The number of likely N-dealkylation sites (N-methyl/N-ethyl adjacent to an activating group) is 1. The molecule has 0 bridgehead atoms. The Labute approximate surface area is 212 Å². The van der Waals surface area contributed by atoms with Crippen LogP contribution in [-0.2, 0) is 0 Å². The van der Waals surface area contributed by atoms with Crippen molar-refractivity contribution in [3.05, 3.63) is 59.9 Å². The molecule has 1 saturated heterocycles. The summed E-state index contributed by atoms with van der Waals surface area (Å²) < 4.78 is 15.5. The summed E-state index contributed by atoms with van der Waals surface area (Å²) in [6.07, 6.45) is 5.21. The molecule has 1 aliphatic heterocycles. The number of aromatic nitrogens is 5. The zero-order valence-corrected chi connectivity index (χ0v) is 21.2. The maximum atomic E-state index is 13.5. The van der Waals surface area contributed by atoms with Gasteiger partial charge < -0.3 is 14.4 Å². The summed E-state index contributed by atoms with van der Waals surface area (Å²) in [5.74, 6) is -0.467. The fraction of sp³-hybridized carbons (Fsp3) is 0.320. The number of imidazole rings is 1. The van der Waals surface area contributed by atoms with Gasteiger partial charge in [-0.25, -0.2) is 24.3 Å². The van der Waals surface area contributed by atoms with E-state index in [-0.39, 0.29) is 29.4 Å². The number of hydrogen-bond donors (Lipinski definition) is 1. The van der Waals surface area contributed by atoms with Gasteiger partial charge in [-0.1, -0.05) is 0 Å². The minimum Gasteiger partial charge on any atom is -0.366 e. The molecule has 5 rings (SSSR count). The maximum absolute atomic E-state index is 13.5. The van der Waals surface area contributed by atoms with Gasteiger partial charge in [0.2, 0.25) is 5.95 Å². The van der Waals surface area contributed by atoms with Gasteiger partial charge in [-0.15, -0.1) is 11.3 Å². The normalized spacial score (nSPS) is 14.4. The molecule has 0 atom stereocenters. The van der Waals surface area contributed by atoms with Gasteiger partial charge in [0.1, 0.15) is 22.2 Å². The first-order valence-corrected chi connectivity index (χ1v) is 12.6. The smallest absolute Gasteiger partial charge is 0.277 e. The molecule has 0 spiro atoms. The molecular weight excluding hydrogens is 479 g/mol. The lowest BCUT2D eigenvalue weighted by atomic mass is 10.1. The van der Waals surface area contributed by atoms with Gasteiger partial charge in [-0.05, 0) is 45.2 Å². The van der Waals surface area contributed by atoms with Crippen molar-refractivity contribution in [1.82, 2.24) is 29.4 Å². The summed E-state index contributed by atoms with van der Waals surface area (Å²) in [7, 11) is 2.11. The second kappa shape index (κ2) is 10.1. The van der Waals surface area contributed by atoms with Crippen LogP contribution in [0.5, 0.6) is 0 Å². The number of halogens is 1. The number of benzene rings is 1. The minimum atomic E-state index is -0.385. The van der Waals surface area contributed by atoms with E-state index >= 15 is 0 Å². The van der Waals surface area contributed by atoms with Crippen LogP contribution >= 0.6 is 11.3 Å². The molecule has 1 aromatic carbocycles. The Hall–Kier alpha value is -3.70. The first kappa shape index (κ1) is 24.0. The van der Waals surface area contributed by atoms with Crippen molar-refractivity contribution in [3.8, 4) is 22.0 Å². The van der Waals surface area contributed by atoms with Gasteiger partial charge in [0, 0.05) is 43.2 Å². The highest BCUT2D eigenvalue weighted by Crippen LogP contribution is 2.35. The number of carbonyl (C=O) groups is 1. The van der Waals surface area contributed by atoms with Crippen molar-refractivity contribution >= 4 is 28.9 Å². The van der Waals surface area contributed by atoms with E-state index in [4.69, 9.17) is 0 Å². The molecule has 0 saturated carbocycles. The van der Waals surface area contributed by atoms with Gasteiger partial charge in [-0.2, -0.15) is 0 Å². The number of rotatable bonds is 6. The van der Waals surface area contributed by atoms with E-state index in [0.29, 0.717) is 10.7 Å². The maximum Gasteiger partial charge on any atom is 0.277 e. The Morgan fingerprint density at radius 2 is 1.75 bits per heavy atom. The highest BCUT2D eigenvalue weighted by Gasteiger charge is 2.22. The number of nitrogens with zero attached hydrogens (tertiary/aromatic N) is 7. The number of amides is 1. The predicted molar refractivity (Wildman–Crippen MR) is 139 cm³/mol. The number of thiazole rings is 1. The van der Waals surface area contributed by atoms with Crippen molar-refractivity contribution in [2.75, 3.05) is 43.4 Å². The first-order chi connectivity index (χ1) is 17.4. The fourth-order valence-corrected chi connectivity index (χ4v) is 4.90. The molecule has 0 unspecified atom stereocenters. The monoisotopic (exact) mass is 506 g/mol. The van der Waals surface area contributed by atoms with Crippen molar-refractivity contribution in [1.29, 1.82) is 0 Å². The molecule has 9 nitrogen and oxygen atoms in total. The van der Waals surface area contributed by atoms with Crippen LogP contribution in [0.3, 0.4) is 0 Å². The topological polar surface area (TPSA) is 92.1 Å². The Bertz CT molecular complexity index is 1340. The number of carbonyl (C=O) groups excluding carboxylic acids is 1. The van der Waals surface area contributed by atoms with Crippen LogP contribution in [0.25, 0.3) is 22.0 Å².